The molecule has 2 aliphatic carbocycles. The van der Waals surface area contributed by atoms with Crippen molar-refractivity contribution in [1.29, 1.82) is 0 Å². The summed E-state index contributed by atoms with van der Waals surface area (Å²) >= 11 is 0. The van der Waals surface area contributed by atoms with Gasteiger partial charge in [0.2, 0.25) is 5.91 Å². The first-order chi connectivity index (χ1) is 16.3. The number of hydrogen-bond donors (Lipinski definition) is 3. The maximum Gasteiger partial charge on any atom is 0.271 e. The van der Waals surface area contributed by atoms with Crippen molar-refractivity contribution in [2.75, 3.05) is 0 Å². The van der Waals surface area contributed by atoms with Gasteiger partial charge in [0.05, 0.1) is 24.5 Å². The number of nitrogens with zero attached hydrogens (tertiary/aromatic N) is 3. The molecule has 0 radical (unpaired) electrons. The molecule has 7 atom stereocenters. The standard InChI is InChI=1S/C26H35N5O3/c1-16(24(33)30-14-18-6-4-5-11-28-18)19-7-9-26(3)10-8-20(17(2)22(26)23(19)32)31-25(34)21-15-27-12-13-29-21/h4-6,11-13,15-17,19-20,22-23,32H,7-10,14H2,1-3H3,(H,30,33)(H,31,34)/t16-,17-,19+,20-,22+,23-,26+/m0/s1. The second-order valence-electron chi connectivity index (χ2n) is 10.3. The topological polar surface area (TPSA) is 117 Å². The van der Waals surface area contributed by atoms with Crippen molar-refractivity contribution in [3.63, 3.8) is 0 Å². The van der Waals surface area contributed by atoms with Crippen LogP contribution in [0.4, 0.5) is 0 Å². The smallest absolute Gasteiger partial charge is 0.271 e. The fraction of sp³-hybridized carbons (Fsp3) is 0.577. The van der Waals surface area contributed by atoms with Gasteiger partial charge in [0.15, 0.2) is 0 Å². The average Bonchev–Trinajstić information content (AvgIpc) is 2.85. The third-order valence-electron chi connectivity index (χ3n) is 8.23. The Morgan fingerprint density at radius 1 is 1.18 bits per heavy atom. The SMILES string of the molecule is C[C@@H]1[C@@H]2[C@@H](O)[C@@H]([C@H](C)C(=O)NCc3ccccn3)CC[C@]2(C)CC[C@@H]1NC(=O)c1cnccn1. The lowest BCUT2D eigenvalue weighted by Gasteiger charge is -2.56. The number of carbonyl (C=O) groups excluding carboxylic acids is 2. The van der Waals surface area contributed by atoms with Crippen LogP contribution in [0, 0.1) is 29.1 Å². The third-order valence-corrected chi connectivity index (χ3v) is 8.23. The molecule has 2 aliphatic rings. The highest BCUT2D eigenvalue weighted by atomic mass is 16.3. The van der Waals surface area contributed by atoms with Gasteiger partial charge in [-0.05, 0) is 61.0 Å². The Kier molecular flexibility index (Phi) is 7.26. The van der Waals surface area contributed by atoms with Crippen LogP contribution in [0.25, 0.3) is 0 Å². The second-order valence-corrected chi connectivity index (χ2v) is 10.3. The van der Waals surface area contributed by atoms with Gasteiger partial charge in [-0.15, -0.1) is 0 Å². The molecule has 182 valence electrons. The van der Waals surface area contributed by atoms with Crippen LogP contribution in [-0.2, 0) is 11.3 Å². The van der Waals surface area contributed by atoms with Crippen molar-refractivity contribution >= 4 is 11.8 Å². The molecular weight excluding hydrogens is 430 g/mol. The molecular formula is C26H35N5O3. The zero-order chi connectivity index (χ0) is 24.3. The molecule has 2 amide bonds. The number of hydrogen-bond acceptors (Lipinski definition) is 6. The molecule has 8 heteroatoms. The molecule has 0 spiro atoms. The second kappa shape index (κ2) is 10.2. The lowest BCUT2D eigenvalue weighted by atomic mass is 9.51. The van der Waals surface area contributed by atoms with Crippen LogP contribution >= 0.6 is 0 Å². The fourth-order valence-electron chi connectivity index (χ4n) is 6.19. The van der Waals surface area contributed by atoms with Crippen molar-refractivity contribution in [1.82, 2.24) is 25.6 Å². The van der Waals surface area contributed by atoms with E-state index in [9.17, 15) is 14.7 Å². The van der Waals surface area contributed by atoms with E-state index < -0.39 is 6.10 Å². The summed E-state index contributed by atoms with van der Waals surface area (Å²) in [6.45, 7) is 6.65. The summed E-state index contributed by atoms with van der Waals surface area (Å²) in [6, 6.07) is 5.56. The van der Waals surface area contributed by atoms with Crippen molar-refractivity contribution in [3.8, 4) is 0 Å². The predicted octanol–water partition coefficient (Wildman–Crippen LogP) is 2.75. The van der Waals surface area contributed by atoms with Gasteiger partial charge in [-0.3, -0.25) is 19.6 Å². The molecule has 2 aromatic heterocycles. The molecule has 8 nitrogen and oxygen atoms in total. The van der Waals surface area contributed by atoms with Gasteiger partial charge in [0, 0.05) is 30.6 Å². The van der Waals surface area contributed by atoms with Crippen molar-refractivity contribution in [3.05, 3.63) is 54.4 Å². The van der Waals surface area contributed by atoms with Crippen molar-refractivity contribution in [2.24, 2.45) is 29.1 Å². The zero-order valence-electron chi connectivity index (χ0n) is 20.1. The molecule has 2 heterocycles. The number of aliphatic hydroxyl groups is 1. The largest absolute Gasteiger partial charge is 0.392 e. The molecule has 2 fully saturated rings. The lowest BCUT2D eigenvalue weighted by molar-refractivity contribution is -0.142. The van der Waals surface area contributed by atoms with Crippen LogP contribution in [0.1, 0.15) is 62.6 Å². The number of aromatic nitrogens is 3. The molecule has 0 aliphatic heterocycles. The number of amides is 2. The third kappa shape index (κ3) is 4.97. The Labute approximate surface area is 201 Å². The first kappa shape index (κ1) is 24.3. The lowest BCUT2D eigenvalue weighted by Crippen LogP contribution is -2.58. The molecule has 34 heavy (non-hydrogen) atoms. The van der Waals surface area contributed by atoms with Crippen LogP contribution in [0.2, 0.25) is 0 Å². The highest BCUT2D eigenvalue weighted by molar-refractivity contribution is 5.92. The average molecular weight is 466 g/mol. The minimum absolute atomic E-state index is 0.00167. The summed E-state index contributed by atoms with van der Waals surface area (Å²) in [7, 11) is 0. The number of carbonyl (C=O) groups is 2. The van der Waals surface area contributed by atoms with E-state index in [0.29, 0.717) is 12.2 Å². The number of pyridine rings is 1. The molecule has 0 bridgehead atoms. The van der Waals surface area contributed by atoms with E-state index in [1.165, 1.54) is 18.6 Å². The van der Waals surface area contributed by atoms with Gasteiger partial charge in [-0.2, -0.15) is 0 Å². The molecule has 0 aromatic carbocycles. The molecule has 2 saturated carbocycles. The molecule has 4 rings (SSSR count). The normalized spacial score (nSPS) is 31.7. The maximum atomic E-state index is 12.9. The maximum absolute atomic E-state index is 12.9. The van der Waals surface area contributed by atoms with Crippen LogP contribution < -0.4 is 10.6 Å². The number of fused-ring (bicyclic) bond motifs is 1. The van der Waals surface area contributed by atoms with Gasteiger partial charge < -0.3 is 15.7 Å². The van der Waals surface area contributed by atoms with Crippen LogP contribution in [0.15, 0.2) is 43.0 Å². The number of aliphatic hydroxyl groups excluding tert-OH is 1. The molecule has 2 aromatic rings. The van der Waals surface area contributed by atoms with Gasteiger partial charge in [0.25, 0.3) is 5.91 Å². The predicted molar refractivity (Wildman–Crippen MR) is 127 cm³/mol. The quantitative estimate of drug-likeness (QED) is 0.604. The van der Waals surface area contributed by atoms with E-state index in [-0.39, 0.29) is 46.9 Å². The highest BCUT2D eigenvalue weighted by Crippen LogP contribution is 2.55. The number of nitrogens with one attached hydrogen (secondary N) is 2. The van der Waals surface area contributed by atoms with Crippen LogP contribution in [0.5, 0.6) is 0 Å². The molecule has 3 N–H and O–H groups in total. The van der Waals surface area contributed by atoms with Crippen molar-refractivity contribution < 1.29 is 14.7 Å². The van der Waals surface area contributed by atoms with Crippen LogP contribution in [-0.4, -0.2) is 44.0 Å². The fourth-order valence-corrected chi connectivity index (χ4v) is 6.19. The Balaban J connectivity index is 1.42. The van der Waals surface area contributed by atoms with Crippen LogP contribution in [0.3, 0.4) is 0 Å². The van der Waals surface area contributed by atoms with Gasteiger partial charge >= 0.3 is 0 Å². The summed E-state index contributed by atoms with van der Waals surface area (Å²) in [6.07, 6.45) is 9.17. The minimum Gasteiger partial charge on any atom is -0.392 e. The highest BCUT2D eigenvalue weighted by Gasteiger charge is 2.53. The van der Waals surface area contributed by atoms with Gasteiger partial charge in [-0.25, -0.2) is 4.98 Å². The Bertz CT molecular complexity index is 988. The van der Waals surface area contributed by atoms with E-state index in [1.54, 1.807) is 6.20 Å². The Morgan fingerprint density at radius 2 is 1.97 bits per heavy atom. The molecule has 0 unspecified atom stereocenters. The summed E-state index contributed by atoms with van der Waals surface area (Å²) in [5.41, 5.74) is 1.10. The Morgan fingerprint density at radius 3 is 2.68 bits per heavy atom. The van der Waals surface area contributed by atoms with Gasteiger partial charge in [0.1, 0.15) is 5.69 Å². The summed E-state index contributed by atoms with van der Waals surface area (Å²) in [5, 5.41) is 17.6. The van der Waals surface area contributed by atoms with E-state index in [0.717, 1.165) is 31.4 Å². The van der Waals surface area contributed by atoms with E-state index in [2.05, 4.69) is 39.4 Å². The zero-order valence-corrected chi connectivity index (χ0v) is 20.1. The summed E-state index contributed by atoms with van der Waals surface area (Å²) < 4.78 is 0. The van der Waals surface area contributed by atoms with E-state index >= 15 is 0 Å². The Hall–Kier alpha value is -2.87. The summed E-state index contributed by atoms with van der Waals surface area (Å²) in [5.74, 6) is -0.671. The monoisotopic (exact) mass is 465 g/mol. The van der Waals surface area contributed by atoms with E-state index in [4.69, 9.17) is 0 Å². The van der Waals surface area contributed by atoms with E-state index in [1.807, 2.05) is 25.1 Å². The summed E-state index contributed by atoms with van der Waals surface area (Å²) in [4.78, 5) is 38.0. The first-order valence-corrected chi connectivity index (χ1v) is 12.2. The first-order valence-electron chi connectivity index (χ1n) is 12.2. The molecule has 0 saturated heterocycles. The van der Waals surface area contributed by atoms with Gasteiger partial charge in [-0.1, -0.05) is 26.8 Å². The number of rotatable bonds is 6. The van der Waals surface area contributed by atoms with Crippen molar-refractivity contribution in [2.45, 2.75) is 65.1 Å². The minimum atomic E-state index is -0.611.